The second-order valence-electron chi connectivity index (χ2n) is 3.16. The zero-order valence-electron chi connectivity index (χ0n) is 8.21. The molecule has 0 bridgehead atoms. The number of nitrogens with zero attached hydrogens (tertiary/aromatic N) is 3. The molecule has 0 spiro atoms. The summed E-state index contributed by atoms with van der Waals surface area (Å²) in [5, 5.41) is 0.184. The highest BCUT2D eigenvalue weighted by Crippen LogP contribution is 2.25. The first kappa shape index (κ1) is 11.8. The Hall–Kier alpha value is -0.710. The van der Waals surface area contributed by atoms with Crippen LogP contribution in [0.1, 0.15) is 5.56 Å². The van der Waals surface area contributed by atoms with Crippen molar-refractivity contribution in [3.05, 3.63) is 38.8 Å². The summed E-state index contributed by atoms with van der Waals surface area (Å²) >= 11 is 14.9. The van der Waals surface area contributed by atoms with Gasteiger partial charge in [-0.15, -0.1) is 0 Å². The molecule has 3 nitrogen and oxygen atoms in total. The van der Waals surface area contributed by atoms with E-state index < -0.39 is 0 Å². The van der Waals surface area contributed by atoms with Gasteiger partial charge in [-0.2, -0.15) is 15.0 Å². The molecule has 0 N–H and O–H groups in total. The van der Waals surface area contributed by atoms with Gasteiger partial charge in [0.05, 0.1) is 0 Å². The van der Waals surface area contributed by atoms with Gasteiger partial charge in [-0.3, -0.25) is 0 Å². The molecule has 0 radical (unpaired) electrons. The van der Waals surface area contributed by atoms with E-state index in [1.807, 2.05) is 25.1 Å². The fourth-order valence-electron chi connectivity index (χ4n) is 1.28. The topological polar surface area (TPSA) is 38.7 Å². The minimum absolute atomic E-state index is 0.0920. The highest BCUT2D eigenvalue weighted by Gasteiger charge is 2.09. The first-order chi connectivity index (χ1) is 7.56. The van der Waals surface area contributed by atoms with Crippen LogP contribution in [0, 0.1) is 6.92 Å². The lowest BCUT2D eigenvalue weighted by molar-refractivity contribution is 1.05. The molecule has 0 saturated carbocycles. The van der Waals surface area contributed by atoms with E-state index in [1.165, 1.54) is 0 Å². The Balaban J connectivity index is 2.62. The normalized spacial score (nSPS) is 10.5. The standard InChI is InChI=1S/C10H6BrCl2N3/c1-5-2-3-6(11)4-7(5)8-14-9(12)16-10(13)15-8/h2-4H,1H3. The van der Waals surface area contributed by atoms with E-state index in [1.54, 1.807) is 0 Å². The zero-order valence-corrected chi connectivity index (χ0v) is 11.3. The van der Waals surface area contributed by atoms with Crippen LogP contribution in [0.2, 0.25) is 10.6 Å². The van der Waals surface area contributed by atoms with Gasteiger partial charge in [-0.25, -0.2) is 0 Å². The molecule has 82 valence electrons. The van der Waals surface area contributed by atoms with Crippen LogP contribution in [-0.4, -0.2) is 15.0 Å². The van der Waals surface area contributed by atoms with Crippen LogP contribution in [0.5, 0.6) is 0 Å². The molecule has 2 rings (SSSR count). The van der Waals surface area contributed by atoms with Crippen molar-refractivity contribution >= 4 is 39.1 Å². The van der Waals surface area contributed by atoms with Crippen molar-refractivity contribution in [3.8, 4) is 11.4 Å². The van der Waals surface area contributed by atoms with Crippen molar-refractivity contribution < 1.29 is 0 Å². The van der Waals surface area contributed by atoms with Crippen LogP contribution in [-0.2, 0) is 0 Å². The Morgan fingerprint density at radius 2 is 1.69 bits per heavy atom. The lowest BCUT2D eigenvalue weighted by Crippen LogP contribution is -1.95. The summed E-state index contributed by atoms with van der Waals surface area (Å²) in [7, 11) is 0. The number of halogens is 3. The summed E-state index contributed by atoms with van der Waals surface area (Å²) in [5.74, 6) is 0.476. The molecule has 1 heterocycles. The van der Waals surface area contributed by atoms with Gasteiger partial charge in [0, 0.05) is 10.0 Å². The van der Waals surface area contributed by atoms with Crippen LogP contribution in [0.4, 0.5) is 0 Å². The SMILES string of the molecule is Cc1ccc(Br)cc1-c1nc(Cl)nc(Cl)n1. The van der Waals surface area contributed by atoms with E-state index in [-0.39, 0.29) is 10.6 Å². The fraction of sp³-hybridized carbons (Fsp3) is 0.100. The van der Waals surface area contributed by atoms with Crippen molar-refractivity contribution in [1.82, 2.24) is 15.0 Å². The quantitative estimate of drug-likeness (QED) is 0.800. The Morgan fingerprint density at radius 1 is 1.06 bits per heavy atom. The van der Waals surface area contributed by atoms with Gasteiger partial charge in [0.15, 0.2) is 5.82 Å². The minimum Gasteiger partial charge on any atom is -0.198 e. The number of hydrogen-bond acceptors (Lipinski definition) is 3. The molecule has 0 aliphatic rings. The number of hydrogen-bond donors (Lipinski definition) is 0. The summed E-state index contributed by atoms with van der Waals surface area (Å²) in [6.07, 6.45) is 0. The summed E-state index contributed by atoms with van der Waals surface area (Å²) in [6.45, 7) is 1.97. The van der Waals surface area contributed by atoms with Crippen LogP contribution < -0.4 is 0 Å². The first-order valence-electron chi connectivity index (χ1n) is 4.40. The number of aromatic nitrogens is 3. The summed E-state index contributed by atoms with van der Waals surface area (Å²) in [4.78, 5) is 11.8. The molecule has 0 saturated heterocycles. The van der Waals surface area contributed by atoms with Gasteiger partial charge >= 0.3 is 0 Å². The van der Waals surface area contributed by atoms with Crippen LogP contribution >= 0.6 is 39.1 Å². The van der Waals surface area contributed by atoms with Crippen molar-refractivity contribution in [3.63, 3.8) is 0 Å². The van der Waals surface area contributed by atoms with E-state index in [4.69, 9.17) is 23.2 Å². The molecule has 6 heteroatoms. The number of benzene rings is 1. The summed E-state index contributed by atoms with van der Waals surface area (Å²) in [6, 6.07) is 5.82. The molecular formula is C10H6BrCl2N3. The van der Waals surface area contributed by atoms with E-state index in [9.17, 15) is 0 Å². The minimum atomic E-state index is 0.0920. The lowest BCUT2D eigenvalue weighted by atomic mass is 10.1. The van der Waals surface area contributed by atoms with Crippen LogP contribution in [0.25, 0.3) is 11.4 Å². The average Bonchev–Trinajstić information content (AvgIpc) is 2.20. The Kier molecular flexibility index (Phi) is 3.42. The van der Waals surface area contributed by atoms with Crippen molar-refractivity contribution in [2.24, 2.45) is 0 Å². The average molecular weight is 319 g/mol. The van der Waals surface area contributed by atoms with Gasteiger partial charge in [-0.1, -0.05) is 22.0 Å². The van der Waals surface area contributed by atoms with E-state index in [2.05, 4.69) is 30.9 Å². The van der Waals surface area contributed by atoms with E-state index in [0.717, 1.165) is 15.6 Å². The zero-order chi connectivity index (χ0) is 11.7. The highest BCUT2D eigenvalue weighted by molar-refractivity contribution is 9.10. The van der Waals surface area contributed by atoms with Gasteiger partial charge in [0.1, 0.15) is 0 Å². The maximum absolute atomic E-state index is 5.73. The smallest absolute Gasteiger partial charge is 0.198 e. The maximum atomic E-state index is 5.73. The van der Waals surface area contributed by atoms with Gasteiger partial charge in [-0.05, 0) is 47.8 Å². The molecule has 0 fully saturated rings. The third-order valence-electron chi connectivity index (χ3n) is 2.02. The van der Waals surface area contributed by atoms with Crippen molar-refractivity contribution in [1.29, 1.82) is 0 Å². The van der Waals surface area contributed by atoms with E-state index >= 15 is 0 Å². The molecule has 0 aliphatic heterocycles. The Bertz CT molecular complexity index is 525. The second-order valence-corrected chi connectivity index (χ2v) is 4.75. The molecule has 1 aromatic carbocycles. The first-order valence-corrected chi connectivity index (χ1v) is 5.95. The summed E-state index contributed by atoms with van der Waals surface area (Å²) < 4.78 is 0.945. The predicted molar refractivity (Wildman–Crippen MR) is 67.7 cm³/mol. The number of aryl methyl sites for hydroxylation is 1. The van der Waals surface area contributed by atoms with Gasteiger partial charge in [0.2, 0.25) is 10.6 Å². The maximum Gasteiger partial charge on any atom is 0.227 e. The third kappa shape index (κ3) is 2.51. The van der Waals surface area contributed by atoms with Crippen LogP contribution in [0.3, 0.4) is 0 Å². The van der Waals surface area contributed by atoms with Gasteiger partial charge in [0.25, 0.3) is 0 Å². The third-order valence-corrected chi connectivity index (χ3v) is 2.85. The van der Waals surface area contributed by atoms with Gasteiger partial charge < -0.3 is 0 Å². The molecule has 0 atom stereocenters. The van der Waals surface area contributed by atoms with Crippen molar-refractivity contribution in [2.75, 3.05) is 0 Å². The monoisotopic (exact) mass is 317 g/mol. The molecule has 0 aliphatic carbocycles. The number of rotatable bonds is 1. The molecule has 16 heavy (non-hydrogen) atoms. The summed E-state index contributed by atoms with van der Waals surface area (Å²) in [5.41, 5.74) is 1.92. The second kappa shape index (κ2) is 4.65. The van der Waals surface area contributed by atoms with E-state index in [0.29, 0.717) is 5.82 Å². The molecule has 1 aromatic heterocycles. The predicted octanol–water partition coefficient (Wildman–Crippen LogP) is 3.92. The highest BCUT2D eigenvalue weighted by atomic mass is 79.9. The lowest BCUT2D eigenvalue weighted by Gasteiger charge is -2.05. The Morgan fingerprint density at radius 3 is 2.31 bits per heavy atom. The molecule has 0 amide bonds. The molecular weight excluding hydrogens is 313 g/mol. The molecule has 0 unspecified atom stereocenters. The molecule has 2 aromatic rings. The largest absolute Gasteiger partial charge is 0.227 e. The Labute approximate surface area is 111 Å². The van der Waals surface area contributed by atoms with Crippen molar-refractivity contribution in [2.45, 2.75) is 6.92 Å². The van der Waals surface area contributed by atoms with Crippen LogP contribution in [0.15, 0.2) is 22.7 Å². The fourth-order valence-corrected chi connectivity index (χ4v) is 2.01.